The van der Waals surface area contributed by atoms with Gasteiger partial charge in [0, 0.05) is 11.6 Å². The van der Waals surface area contributed by atoms with Crippen molar-refractivity contribution >= 4 is 0 Å². The van der Waals surface area contributed by atoms with Gasteiger partial charge in [0.1, 0.15) is 0 Å². The normalized spacial score (nSPS) is 19.3. The van der Waals surface area contributed by atoms with E-state index in [1.165, 1.54) is 32.1 Å². The zero-order valence-electron chi connectivity index (χ0n) is 12.3. The molecule has 1 N–H and O–H groups in total. The van der Waals surface area contributed by atoms with Crippen LogP contribution in [0.2, 0.25) is 0 Å². The molecular weight excluding hydrogens is 208 g/mol. The highest BCUT2D eigenvalue weighted by Crippen LogP contribution is 2.28. The summed E-state index contributed by atoms with van der Waals surface area (Å²) in [5, 5.41) is 3.75. The first kappa shape index (κ1) is 14.7. The molecule has 1 atom stereocenters. The van der Waals surface area contributed by atoms with Crippen LogP contribution < -0.4 is 5.32 Å². The zero-order valence-corrected chi connectivity index (χ0v) is 12.3. The van der Waals surface area contributed by atoms with Crippen LogP contribution in [0.5, 0.6) is 0 Å². The van der Waals surface area contributed by atoms with Gasteiger partial charge < -0.3 is 10.2 Å². The molecule has 2 nitrogen and oxygen atoms in total. The highest BCUT2D eigenvalue weighted by atomic mass is 15.2. The molecule has 1 aliphatic carbocycles. The third-order valence-corrected chi connectivity index (χ3v) is 4.15. The second kappa shape index (κ2) is 6.55. The third-order valence-electron chi connectivity index (χ3n) is 4.15. The summed E-state index contributed by atoms with van der Waals surface area (Å²) >= 11 is 0. The maximum atomic E-state index is 3.75. The number of hydrogen-bond acceptors (Lipinski definition) is 2. The number of rotatable bonds is 6. The van der Waals surface area contributed by atoms with Gasteiger partial charge in [-0.05, 0) is 66.6 Å². The van der Waals surface area contributed by atoms with E-state index in [-0.39, 0.29) is 5.54 Å². The second-order valence-electron chi connectivity index (χ2n) is 5.96. The highest BCUT2D eigenvalue weighted by Gasteiger charge is 2.33. The molecule has 100 valence electrons. The fraction of sp³-hybridized carbons (Fsp3) is 0.867. The van der Waals surface area contributed by atoms with Crippen molar-refractivity contribution in [2.75, 3.05) is 20.6 Å². The van der Waals surface area contributed by atoms with E-state index < -0.39 is 0 Å². The van der Waals surface area contributed by atoms with Gasteiger partial charge in [0.05, 0.1) is 0 Å². The van der Waals surface area contributed by atoms with E-state index in [1.54, 1.807) is 5.57 Å². The van der Waals surface area contributed by atoms with E-state index in [0.717, 1.165) is 6.54 Å². The van der Waals surface area contributed by atoms with Crippen LogP contribution in [0.15, 0.2) is 11.6 Å². The summed E-state index contributed by atoms with van der Waals surface area (Å²) in [6.07, 6.45) is 8.95. The number of hydrogen-bond donors (Lipinski definition) is 1. The monoisotopic (exact) mass is 238 g/mol. The van der Waals surface area contributed by atoms with Crippen molar-refractivity contribution < 1.29 is 0 Å². The molecule has 0 heterocycles. The Bertz CT molecular complexity index is 254. The van der Waals surface area contributed by atoms with E-state index in [4.69, 9.17) is 0 Å². The lowest BCUT2D eigenvalue weighted by molar-refractivity contribution is 0.151. The molecule has 0 aliphatic heterocycles. The second-order valence-corrected chi connectivity index (χ2v) is 5.96. The Morgan fingerprint density at radius 2 is 2.06 bits per heavy atom. The van der Waals surface area contributed by atoms with Crippen molar-refractivity contribution in [1.82, 2.24) is 10.2 Å². The molecule has 0 saturated heterocycles. The van der Waals surface area contributed by atoms with Crippen molar-refractivity contribution in [3.05, 3.63) is 11.6 Å². The molecule has 0 fully saturated rings. The molecule has 1 rings (SSSR count). The average Bonchev–Trinajstić information content (AvgIpc) is 2.30. The first-order valence-electron chi connectivity index (χ1n) is 7.10. The summed E-state index contributed by atoms with van der Waals surface area (Å²) in [7, 11) is 4.37. The molecule has 0 radical (unpaired) electrons. The van der Waals surface area contributed by atoms with Gasteiger partial charge in [-0.15, -0.1) is 0 Å². The van der Waals surface area contributed by atoms with Crippen LogP contribution in [0, 0.1) is 0 Å². The van der Waals surface area contributed by atoms with Crippen LogP contribution in [0.1, 0.15) is 52.9 Å². The molecule has 0 bridgehead atoms. The predicted octanol–water partition coefficient (Wildman–Crippen LogP) is 3.20. The largest absolute Gasteiger partial charge is 0.309 e. The van der Waals surface area contributed by atoms with Gasteiger partial charge >= 0.3 is 0 Å². The minimum atomic E-state index is 0.179. The first-order valence-corrected chi connectivity index (χ1v) is 7.10. The van der Waals surface area contributed by atoms with Crippen LogP contribution in [-0.2, 0) is 0 Å². The fourth-order valence-corrected chi connectivity index (χ4v) is 2.51. The predicted molar refractivity (Wildman–Crippen MR) is 76.4 cm³/mol. The van der Waals surface area contributed by atoms with Crippen molar-refractivity contribution in [2.45, 2.75) is 64.5 Å². The van der Waals surface area contributed by atoms with Crippen molar-refractivity contribution in [3.63, 3.8) is 0 Å². The lowest BCUT2D eigenvalue weighted by atomic mass is 9.82. The Balaban J connectivity index is 2.82. The van der Waals surface area contributed by atoms with Gasteiger partial charge in [-0.1, -0.05) is 18.6 Å². The van der Waals surface area contributed by atoms with E-state index in [0.29, 0.717) is 6.04 Å². The van der Waals surface area contributed by atoms with Crippen LogP contribution in [0.25, 0.3) is 0 Å². The van der Waals surface area contributed by atoms with Gasteiger partial charge in [0.25, 0.3) is 0 Å². The van der Waals surface area contributed by atoms with E-state index in [9.17, 15) is 0 Å². The Morgan fingerprint density at radius 3 is 2.53 bits per heavy atom. The maximum absolute atomic E-state index is 3.75. The SMILES string of the molecule is CCCNC(C1=CCCCC1)C(C)(C)N(C)C. The van der Waals surface area contributed by atoms with Crippen molar-refractivity contribution in [3.8, 4) is 0 Å². The van der Waals surface area contributed by atoms with Gasteiger partial charge in [-0.3, -0.25) is 0 Å². The molecule has 17 heavy (non-hydrogen) atoms. The molecule has 0 aromatic rings. The first-order chi connectivity index (χ1) is 8.00. The smallest absolute Gasteiger partial charge is 0.0460 e. The van der Waals surface area contributed by atoms with Crippen LogP contribution in [0.4, 0.5) is 0 Å². The Hall–Kier alpha value is -0.340. The minimum Gasteiger partial charge on any atom is -0.309 e. The number of nitrogens with zero attached hydrogens (tertiary/aromatic N) is 1. The topological polar surface area (TPSA) is 15.3 Å². The molecular formula is C15H30N2. The molecule has 0 aromatic carbocycles. The van der Waals surface area contributed by atoms with Crippen LogP contribution in [-0.4, -0.2) is 37.1 Å². The van der Waals surface area contributed by atoms with E-state index in [2.05, 4.69) is 51.2 Å². The Morgan fingerprint density at radius 1 is 1.35 bits per heavy atom. The third kappa shape index (κ3) is 3.82. The maximum Gasteiger partial charge on any atom is 0.0460 e. The summed E-state index contributed by atoms with van der Waals surface area (Å²) in [5.41, 5.74) is 1.81. The standard InChI is InChI=1S/C15H30N2/c1-6-12-16-14(15(2,3)17(4)5)13-10-8-7-9-11-13/h10,14,16H,6-9,11-12H2,1-5H3. The molecule has 1 aliphatic rings. The van der Waals surface area contributed by atoms with E-state index >= 15 is 0 Å². The molecule has 0 saturated carbocycles. The number of nitrogens with one attached hydrogen (secondary N) is 1. The lowest BCUT2D eigenvalue weighted by Crippen LogP contribution is -2.56. The highest BCUT2D eigenvalue weighted by molar-refractivity contribution is 5.19. The Labute approximate surface area is 107 Å². The Kier molecular flexibility index (Phi) is 5.68. The quantitative estimate of drug-likeness (QED) is 0.715. The van der Waals surface area contributed by atoms with Crippen molar-refractivity contribution in [2.24, 2.45) is 0 Å². The summed E-state index contributed by atoms with van der Waals surface area (Å²) < 4.78 is 0. The summed E-state index contributed by atoms with van der Waals surface area (Å²) in [6, 6.07) is 0.498. The minimum absolute atomic E-state index is 0.179. The van der Waals surface area contributed by atoms with Crippen molar-refractivity contribution in [1.29, 1.82) is 0 Å². The molecule has 2 heteroatoms. The fourth-order valence-electron chi connectivity index (χ4n) is 2.51. The summed E-state index contributed by atoms with van der Waals surface area (Å²) in [5.74, 6) is 0. The zero-order chi connectivity index (χ0) is 12.9. The van der Waals surface area contributed by atoms with E-state index in [1.807, 2.05) is 0 Å². The van der Waals surface area contributed by atoms with Crippen LogP contribution >= 0.6 is 0 Å². The number of likely N-dealkylation sites (N-methyl/N-ethyl adjacent to an activating group) is 1. The lowest BCUT2D eigenvalue weighted by Gasteiger charge is -2.42. The van der Waals surface area contributed by atoms with Gasteiger partial charge in [-0.2, -0.15) is 0 Å². The van der Waals surface area contributed by atoms with Gasteiger partial charge in [0.2, 0.25) is 0 Å². The summed E-state index contributed by atoms with van der Waals surface area (Å²) in [6.45, 7) is 8.03. The molecule has 0 aromatic heterocycles. The average molecular weight is 238 g/mol. The van der Waals surface area contributed by atoms with Gasteiger partial charge in [0.15, 0.2) is 0 Å². The molecule has 1 unspecified atom stereocenters. The number of allylic oxidation sites excluding steroid dienone is 1. The molecule has 0 amide bonds. The molecule has 0 spiro atoms. The summed E-state index contributed by atoms with van der Waals surface area (Å²) in [4.78, 5) is 2.34. The van der Waals surface area contributed by atoms with Gasteiger partial charge in [-0.25, -0.2) is 0 Å². The van der Waals surface area contributed by atoms with Crippen LogP contribution in [0.3, 0.4) is 0 Å².